The van der Waals surface area contributed by atoms with E-state index in [2.05, 4.69) is 122 Å². The number of fused-ring (bicyclic) bond motifs is 4. The number of ketones is 1. The van der Waals surface area contributed by atoms with Gasteiger partial charge in [-0.25, -0.2) is 0 Å². The molecule has 270 valence electrons. The Kier molecular flexibility index (Phi) is 8.64. The van der Waals surface area contributed by atoms with Gasteiger partial charge >= 0.3 is 5.78 Å². The van der Waals surface area contributed by atoms with Crippen LogP contribution in [0.25, 0.3) is 11.1 Å². The molecule has 54 heavy (non-hydrogen) atoms. The zero-order chi connectivity index (χ0) is 37.8. The summed E-state index contributed by atoms with van der Waals surface area (Å²) >= 11 is 0. The molecule has 0 aliphatic heterocycles. The van der Waals surface area contributed by atoms with E-state index in [1.807, 2.05) is 48.6 Å². The molecule has 0 fully saturated rings. The Balaban J connectivity index is 1.22. The Morgan fingerprint density at radius 2 is 0.926 bits per heavy atom. The summed E-state index contributed by atoms with van der Waals surface area (Å²) in [4.78, 5) is 2.30. The zero-order valence-electron chi connectivity index (χ0n) is 32.2. The van der Waals surface area contributed by atoms with Gasteiger partial charge in [0.1, 0.15) is 17.2 Å². The van der Waals surface area contributed by atoms with E-state index in [4.69, 9.17) is 18.6 Å². The summed E-state index contributed by atoms with van der Waals surface area (Å²) < 4.78 is 24.3. The van der Waals surface area contributed by atoms with Crippen molar-refractivity contribution in [2.45, 2.75) is 38.5 Å². The number of carbonyl (C=O) groups excluding carboxylic acids is 1. The monoisotopic (exact) mass is 714 g/mol. The maximum atomic E-state index is 5.50. The molecule has 0 aromatic heterocycles. The third kappa shape index (κ3) is 5.65. The molecule has 0 atom stereocenters. The number of hydrogen-bond donors (Lipinski definition) is 0. The Bertz CT molecular complexity index is 2360. The molecule has 0 unspecified atom stereocenters. The number of benzene rings is 5. The fourth-order valence-corrected chi connectivity index (χ4v) is 8.47. The molecule has 6 nitrogen and oxygen atoms in total. The van der Waals surface area contributed by atoms with Gasteiger partial charge in [0.2, 0.25) is 17.1 Å². The van der Waals surface area contributed by atoms with E-state index in [1.165, 1.54) is 33.4 Å². The number of allylic oxidation sites excluding steroid dienone is 6. The Morgan fingerprint density at radius 3 is 1.41 bits per heavy atom. The first-order chi connectivity index (χ1) is 26.1. The number of anilines is 3. The third-order valence-electron chi connectivity index (χ3n) is 11.2. The summed E-state index contributed by atoms with van der Waals surface area (Å²) in [7, 11) is 6.79. The predicted octanol–water partition coefficient (Wildman–Crippen LogP) is 10.8. The van der Waals surface area contributed by atoms with E-state index in [0.717, 1.165) is 57.2 Å². The van der Waals surface area contributed by atoms with Crippen molar-refractivity contribution in [2.24, 2.45) is 0 Å². The summed E-state index contributed by atoms with van der Waals surface area (Å²) in [6.45, 7) is 9.51. The minimum absolute atomic E-state index is 0.234. The Morgan fingerprint density at radius 1 is 0.500 bits per heavy atom. The number of ether oxygens (including phenoxy) is 3. The van der Waals surface area contributed by atoms with Crippen LogP contribution in [0.2, 0.25) is 0 Å². The minimum atomic E-state index is -0.234. The molecule has 3 aliphatic rings. The smallest absolute Gasteiger partial charge is 0.343 e. The molecular weight excluding hydrogens is 669 g/mol. The van der Waals surface area contributed by atoms with E-state index in [0.29, 0.717) is 0 Å². The average molecular weight is 715 g/mol. The van der Waals surface area contributed by atoms with Crippen LogP contribution < -0.4 is 23.7 Å². The van der Waals surface area contributed by atoms with Crippen LogP contribution in [0.5, 0.6) is 17.2 Å². The topological polar surface area (TPSA) is 45.2 Å². The molecule has 0 radical (unpaired) electrons. The lowest BCUT2D eigenvalue weighted by molar-refractivity contribution is -0.417. The van der Waals surface area contributed by atoms with Gasteiger partial charge < -0.3 is 19.1 Å². The lowest BCUT2D eigenvalue weighted by Gasteiger charge is -2.31. The number of hydrogen-bond acceptors (Lipinski definition) is 4. The van der Waals surface area contributed by atoms with E-state index in [1.54, 1.807) is 28.4 Å². The summed E-state index contributed by atoms with van der Waals surface area (Å²) in [5.74, 6) is 3.29. The second-order valence-electron chi connectivity index (χ2n) is 14.9. The molecule has 0 spiro atoms. The molecule has 0 heterocycles. The van der Waals surface area contributed by atoms with Crippen LogP contribution in [0.3, 0.4) is 0 Å². The molecule has 0 N–H and O–H groups in total. The van der Waals surface area contributed by atoms with Gasteiger partial charge in [-0.05, 0) is 112 Å². The molecular formula is C48H46N2O4+2. The van der Waals surface area contributed by atoms with Gasteiger partial charge in [0.15, 0.2) is 0 Å². The van der Waals surface area contributed by atoms with Crippen LogP contribution in [0, 0.1) is 0 Å². The van der Waals surface area contributed by atoms with Crippen molar-refractivity contribution < 1.29 is 18.6 Å². The largest absolute Gasteiger partial charge is 0.497 e. The van der Waals surface area contributed by atoms with Crippen LogP contribution in [-0.2, 0) is 15.3 Å². The van der Waals surface area contributed by atoms with Gasteiger partial charge in [0.25, 0.3) is 7.11 Å². The van der Waals surface area contributed by atoms with Crippen molar-refractivity contribution in [1.82, 2.24) is 4.58 Å². The molecule has 0 saturated carbocycles. The summed E-state index contributed by atoms with van der Waals surface area (Å²) in [6.07, 6.45) is 8.24. The fraction of sp³-hybridized carbons (Fsp3) is 0.208. The highest BCUT2D eigenvalue weighted by molar-refractivity contribution is 6.18. The number of rotatable bonds is 8. The van der Waals surface area contributed by atoms with E-state index >= 15 is 0 Å². The van der Waals surface area contributed by atoms with Crippen LogP contribution in [-0.4, -0.2) is 39.9 Å². The SMILES string of the molecule is COc1ccc(N(c2ccc(OC)cc2)c2ccc3c(c2)C(C)(C)C2=C3C(C)(C)c3cc([N+](=C4C=CC(=[O+]C)C=C4)c4ccc(OC)cc4)ccc32)cc1. The molecule has 8 rings (SSSR count). The van der Waals surface area contributed by atoms with Crippen LogP contribution >= 0.6 is 0 Å². The van der Waals surface area contributed by atoms with Crippen molar-refractivity contribution in [1.29, 1.82) is 0 Å². The molecule has 0 bridgehead atoms. The third-order valence-corrected chi connectivity index (χ3v) is 11.2. The molecule has 5 aromatic carbocycles. The molecule has 0 saturated heterocycles. The summed E-state index contributed by atoms with van der Waals surface area (Å²) in [6, 6.07) is 38.7. The highest BCUT2D eigenvalue weighted by atomic mass is 16.5. The quantitative estimate of drug-likeness (QED) is 0.0912. The standard InChI is InChI=1S/C48H46N2O4/c1-47(2)43-29-35(49(31-9-19-37(51-5)20-10-31)32-11-21-38(52-6)22-12-32)17-27-41(43)46-45(47)42-28-18-36(30-44(42)48(46,3)4)50(33-13-23-39(53-7)24-14-33)34-15-25-40(54-8)26-16-34/h9-30H,1-8H3/q+2. The second kappa shape index (κ2) is 13.4. The molecule has 0 amide bonds. The van der Waals surface area contributed by atoms with Crippen molar-refractivity contribution in [3.63, 3.8) is 0 Å². The normalized spacial score (nSPS) is 15.8. The van der Waals surface area contributed by atoms with Crippen molar-refractivity contribution in [3.8, 4) is 17.2 Å². The van der Waals surface area contributed by atoms with Gasteiger partial charge in [-0.15, -0.1) is 0 Å². The average Bonchev–Trinajstić information content (AvgIpc) is 3.60. The molecule has 3 aliphatic carbocycles. The zero-order valence-corrected chi connectivity index (χ0v) is 32.2. The van der Waals surface area contributed by atoms with E-state index in [9.17, 15) is 0 Å². The van der Waals surface area contributed by atoms with Crippen molar-refractivity contribution in [3.05, 3.63) is 156 Å². The maximum absolute atomic E-state index is 5.50. The van der Waals surface area contributed by atoms with Crippen molar-refractivity contribution >= 4 is 51.1 Å². The van der Waals surface area contributed by atoms with Gasteiger partial charge in [-0.1, -0.05) is 33.8 Å². The first-order valence-electron chi connectivity index (χ1n) is 18.3. The maximum Gasteiger partial charge on any atom is 0.343 e. The van der Waals surface area contributed by atoms with Crippen LogP contribution in [0.15, 0.2) is 133 Å². The number of methoxy groups -OCH3 is 3. The summed E-state index contributed by atoms with van der Waals surface area (Å²) in [5, 5.41) is 0. The molecule has 6 heteroatoms. The van der Waals surface area contributed by atoms with E-state index < -0.39 is 0 Å². The number of nitrogens with zero attached hydrogens (tertiary/aromatic N) is 2. The lowest BCUT2D eigenvalue weighted by atomic mass is 9.75. The van der Waals surface area contributed by atoms with Gasteiger partial charge in [0.05, 0.1) is 21.3 Å². The highest BCUT2D eigenvalue weighted by Gasteiger charge is 2.50. The highest BCUT2D eigenvalue weighted by Crippen LogP contribution is 2.63. The minimum Gasteiger partial charge on any atom is -0.497 e. The Hall–Kier alpha value is -6.14. The lowest BCUT2D eigenvalue weighted by Crippen LogP contribution is -2.21. The van der Waals surface area contributed by atoms with Crippen LogP contribution in [0.4, 0.5) is 28.4 Å². The van der Waals surface area contributed by atoms with Gasteiger partial charge in [-0.3, -0.25) is 4.42 Å². The second-order valence-corrected chi connectivity index (χ2v) is 14.9. The summed E-state index contributed by atoms with van der Waals surface area (Å²) in [5.41, 5.74) is 14.0. The van der Waals surface area contributed by atoms with E-state index in [-0.39, 0.29) is 10.8 Å². The Labute approximate surface area is 318 Å². The first-order valence-corrected chi connectivity index (χ1v) is 18.3. The predicted molar refractivity (Wildman–Crippen MR) is 222 cm³/mol. The van der Waals surface area contributed by atoms with Crippen LogP contribution in [0.1, 0.15) is 49.9 Å². The van der Waals surface area contributed by atoms with Gasteiger partial charge in [-0.2, -0.15) is 4.58 Å². The van der Waals surface area contributed by atoms with Gasteiger partial charge in [0, 0.05) is 76.5 Å². The molecule has 5 aromatic rings. The van der Waals surface area contributed by atoms with Crippen molar-refractivity contribution in [2.75, 3.05) is 33.3 Å². The fourth-order valence-electron chi connectivity index (χ4n) is 8.47. The first kappa shape index (κ1) is 34.9.